The van der Waals surface area contributed by atoms with E-state index in [1.165, 1.54) is 31.4 Å². The molecule has 0 saturated carbocycles. The fraction of sp³-hybridized carbons (Fsp3) is 0.286. The second kappa shape index (κ2) is 9.85. The Kier molecular flexibility index (Phi) is 6.96. The van der Waals surface area contributed by atoms with Crippen molar-refractivity contribution in [2.24, 2.45) is 0 Å². The number of benzene rings is 2. The third-order valence-corrected chi connectivity index (χ3v) is 4.50. The van der Waals surface area contributed by atoms with Gasteiger partial charge >= 0.3 is 0 Å². The van der Waals surface area contributed by atoms with Crippen molar-refractivity contribution in [1.29, 1.82) is 0 Å². The van der Waals surface area contributed by atoms with Gasteiger partial charge in [-0.15, -0.1) is 0 Å². The van der Waals surface area contributed by atoms with Gasteiger partial charge in [0.25, 0.3) is 23.4 Å². The van der Waals surface area contributed by atoms with Crippen LogP contribution < -0.4 is 30.0 Å². The predicted octanol–water partition coefficient (Wildman–Crippen LogP) is 1.58. The number of nitrogens with one attached hydrogen (secondary N) is 2. The average molecular weight is 458 g/mol. The quantitative estimate of drug-likeness (QED) is 0.469. The fourth-order valence-electron chi connectivity index (χ4n) is 3.02. The Balaban J connectivity index is 1.66. The minimum atomic E-state index is -0.720. The first-order valence-corrected chi connectivity index (χ1v) is 9.85. The minimum Gasteiger partial charge on any atom is -0.493 e. The number of anilines is 1. The van der Waals surface area contributed by atoms with E-state index in [1.807, 2.05) is 13.8 Å². The van der Waals surface area contributed by atoms with Crippen LogP contribution in [0.15, 0.2) is 36.4 Å². The molecule has 0 bridgehead atoms. The number of methoxy groups -OCH3 is 1. The number of ether oxygens (including phenoxy) is 3. The van der Waals surface area contributed by atoms with Crippen molar-refractivity contribution in [1.82, 2.24) is 10.9 Å². The second-order valence-corrected chi connectivity index (χ2v) is 7.21. The molecule has 1 aliphatic rings. The van der Waals surface area contributed by atoms with Crippen LogP contribution in [0.2, 0.25) is 0 Å². The smallest absolute Gasteiger partial charge is 0.271 e. The van der Waals surface area contributed by atoms with Gasteiger partial charge in [-0.3, -0.25) is 40.2 Å². The van der Waals surface area contributed by atoms with Crippen molar-refractivity contribution < 1.29 is 33.5 Å². The molecular weight excluding hydrogens is 436 g/mol. The normalized spacial score (nSPS) is 12.5. The Bertz CT molecular complexity index is 1100. The maximum Gasteiger partial charge on any atom is 0.271 e. The zero-order valence-electron chi connectivity index (χ0n) is 18.1. The molecule has 1 aliphatic heterocycles. The summed E-state index contributed by atoms with van der Waals surface area (Å²) in [5.74, 6) is -0.862. The zero-order chi connectivity index (χ0) is 24.1. The molecule has 2 N–H and O–H groups in total. The van der Waals surface area contributed by atoms with Gasteiger partial charge in [0.2, 0.25) is 0 Å². The third-order valence-electron chi connectivity index (χ3n) is 4.50. The third kappa shape index (κ3) is 5.47. The lowest BCUT2D eigenvalue weighted by Gasteiger charge is -2.28. The van der Waals surface area contributed by atoms with Gasteiger partial charge < -0.3 is 14.2 Å². The number of carbonyl (C=O) groups excluding carboxylic acids is 3. The van der Waals surface area contributed by atoms with E-state index in [2.05, 4.69) is 10.9 Å². The molecule has 2 aromatic rings. The number of nitrogens with zero attached hydrogens (tertiary/aromatic N) is 2. The monoisotopic (exact) mass is 458 g/mol. The topological polar surface area (TPSA) is 149 Å². The first-order valence-electron chi connectivity index (χ1n) is 9.85. The molecular formula is C21H22N4O8. The Labute approximate surface area is 188 Å². The highest BCUT2D eigenvalue weighted by atomic mass is 16.6. The number of rotatable bonds is 7. The molecule has 2 aromatic carbocycles. The van der Waals surface area contributed by atoms with Crippen LogP contribution in [0.3, 0.4) is 0 Å². The van der Waals surface area contributed by atoms with Gasteiger partial charge in [-0.2, -0.15) is 0 Å². The highest BCUT2D eigenvalue weighted by molar-refractivity contribution is 6.03. The van der Waals surface area contributed by atoms with Crippen molar-refractivity contribution in [2.75, 3.05) is 25.2 Å². The highest BCUT2D eigenvalue weighted by Gasteiger charge is 2.29. The molecule has 0 aliphatic carbocycles. The number of nitro groups is 1. The molecule has 0 fully saturated rings. The van der Waals surface area contributed by atoms with Crippen molar-refractivity contribution in [3.05, 3.63) is 52.1 Å². The predicted molar refractivity (Wildman–Crippen MR) is 115 cm³/mol. The summed E-state index contributed by atoms with van der Waals surface area (Å²) in [6, 6.07) is 8.27. The van der Waals surface area contributed by atoms with Gasteiger partial charge in [-0.25, -0.2) is 0 Å². The molecule has 0 unspecified atom stereocenters. The maximum absolute atomic E-state index is 12.4. The minimum absolute atomic E-state index is 0.0902. The molecule has 3 amide bonds. The van der Waals surface area contributed by atoms with E-state index < -0.39 is 29.2 Å². The lowest BCUT2D eigenvalue weighted by atomic mass is 10.2. The summed E-state index contributed by atoms with van der Waals surface area (Å²) in [6.45, 7) is 2.90. The van der Waals surface area contributed by atoms with Crippen LogP contribution >= 0.6 is 0 Å². The van der Waals surface area contributed by atoms with Crippen LogP contribution in [-0.2, 0) is 9.59 Å². The standard InChI is InChI=1S/C21H22N4O8/c1-12(2)33-17-6-4-13(8-18(17)31-3)21(28)23-22-19(26)10-24-15-9-14(25(29)30)5-7-16(15)32-11-20(24)27/h4-9,12H,10-11H2,1-3H3,(H,22,26)(H,23,28). The van der Waals surface area contributed by atoms with E-state index in [-0.39, 0.29) is 35.4 Å². The van der Waals surface area contributed by atoms with Crippen LogP contribution in [0, 0.1) is 10.1 Å². The van der Waals surface area contributed by atoms with E-state index in [0.717, 1.165) is 11.0 Å². The molecule has 174 valence electrons. The van der Waals surface area contributed by atoms with E-state index in [0.29, 0.717) is 11.5 Å². The lowest BCUT2D eigenvalue weighted by Crippen LogP contribution is -2.49. The molecule has 1 heterocycles. The molecule has 33 heavy (non-hydrogen) atoms. The summed E-state index contributed by atoms with van der Waals surface area (Å²) in [6.07, 6.45) is -0.0904. The van der Waals surface area contributed by atoms with Crippen molar-refractivity contribution in [2.45, 2.75) is 20.0 Å². The molecule has 12 nitrogen and oxygen atoms in total. The first-order chi connectivity index (χ1) is 15.7. The van der Waals surface area contributed by atoms with E-state index in [9.17, 15) is 24.5 Å². The number of hydrogen-bond acceptors (Lipinski definition) is 8. The summed E-state index contributed by atoms with van der Waals surface area (Å²) in [5, 5.41) is 11.0. The van der Waals surface area contributed by atoms with Gasteiger partial charge in [0.15, 0.2) is 18.1 Å². The van der Waals surface area contributed by atoms with Crippen LogP contribution in [0.1, 0.15) is 24.2 Å². The first kappa shape index (κ1) is 23.3. The molecule has 0 aromatic heterocycles. The summed E-state index contributed by atoms with van der Waals surface area (Å²) in [5.41, 5.74) is 4.51. The summed E-state index contributed by atoms with van der Waals surface area (Å²) >= 11 is 0. The summed E-state index contributed by atoms with van der Waals surface area (Å²) in [7, 11) is 1.44. The van der Waals surface area contributed by atoms with Gasteiger partial charge in [-0.05, 0) is 38.1 Å². The number of hydrazine groups is 1. The number of carbonyl (C=O) groups is 3. The SMILES string of the molecule is COc1cc(C(=O)NNC(=O)CN2C(=O)COc3ccc([N+](=O)[O-])cc32)ccc1OC(C)C. The zero-order valence-corrected chi connectivity index (χ0v) is 18.1. The second-order valence-electron chi connectivity index (χ2n) is 7.21. The number of hydrogen-bond donors (Lipinski definition) is 2. The molecule has 12 heteroatoms. The number of non-ortho nitro benzene ring substituents is 1. The summed E-state index contributed by atoms with van der Waals surface area (Å²) in [4.78, 5) is 48.5. The number of amides is 3. The van der Waals surface area contributed by atoms with E-state index >= 15 is 0 Å². The highest BCUT2D eigenvalue weighted by Crippen LogP contribution is 2.35. The van der Waals surface area contributed by atoms with Gasteiger partial charge in [0.1, 0.15) is 12.3 Å². The van der Waals surface area contributed by atoms with Gasteiger partial charge in [0.05, 0.1) is 23.8 Å². The van der Waals surface area contributed by atoms with Gasteiger partial charge in [-0.1, -0.05) is 0 Å². The van der Waals surface area contributed by atoms with Crippen LogP contribution in [-0.4, -0.2) is 49.0 Å². The average Bonchev–Trinajstić information content (AvgIpc) is 2.78. The van der Waals surface area contributed by atoms with Gasteiger partial charge in [0, 0.05) is 17.7 Å². The van der Waals surface area contributed by atoms with E-state index in [1.54, 1.807) is 6.07 Å². The van der Waals surface area contributed by atoms with Crippen LogP contribution in [0.4, 0.5) is 11.4 Å². The van der Waals surface area contributed by atoms with Crippen molar-refractivity contribution >= 4 is 29.1 Å². The number of fused-ring (bicyclic) bond motifs is 1. The van der Waals surface area contributed by atoms with Crippen molar-refractivity contribution in [3.8, 4) is 17.2 Å². The molecule has 0 saturated heterocycles. The Hall–Kier alpha value is -4.35. The molecule has 0 atom stereocenters. The molecule has 3 rings (SSSR count). The Morgan fingerprint density at radius 2 is 1.94 bits per heavy atom. The fourth-order valence-corrected chi connectivity index (χ4v) is 3.02. The van der Waals surface area contributed by atoms with Crippen LogP contribution in [0.5, 0.6) is 17.2 Å². The lowest BCUT2D eigenvalue weighted by molar-refractivity contribution is -0.384. The molecule has 0 spiro atoms. The largest absolute Gasteiger partial charge is 0.493 e. The number of nitro benzene ring substituents is 1. The summed E-state index contributed by atoms with van der Waals surface area (Å²) < 4.78 is 16.1. The van der Waals surface area contributed by atoms with Crippen LogP contribution in [0.25, 0.3) is 0 Å². The van der Waals surface area contributed by atoms with E-state index in [4.69, 9.17) is 14.2 Å². The molecule has 0 radical (unpaired) electrons. The Morgan fingerprint density at radius 1 is 1.18 bits per heavy atom. The Morgan fingerprint density at radius 3 is 2.61 bits per heavy atom. The van der Waals surface area contributed by atoms with Crippen molar-refractivity contribution in [3.63, 3.8) is 0 Å². The maximum atomic E-state index is 12.4.